The number of unbranched alkanes of at least 4 members (excludes halogenated alkanes) is 1. The molecule has 0 aromatic rings. The normalized spacial score (nSPS) is 10.4. The van der Waals surface area contributed by atoms with Crippen LogP contribution < -0.4 is 27.0 Å². The number of carbonyl (C=O) groups is 4. The number of hydrogen-bond acceptors (Lipinski definition) is 5. The van der Waals surface area contributed by atoms with Crippen LogP contribution in [0.3, 0.4) is 0 Å². The number of hydrogen-bond donors (Lipinski definition) is 5. The predicted octanol–water partition coefficient (Wildman–Crippen LogP) is 0.0165. The Labute approximate surface area is 173 Å². The first kappa shape index (κ1) is 26.6. The van der Waals surface area contributed by atoms with Crippen LogP contribution in [0, 0.1) is 5.92 Å². The molecule has 0 bridgehead atoms. The van der Waals surface area contributed by atoms with Gasteiger partial charge in [-0.2, -0.15) is 0 Å². The Bertz CT molecular complexity index is 499. The van der Waals surface area contributed by atoms with Crippen molar-refractivity contribution in [3.05, 3.63) is 0 Å². The Balaban J connectivity index is 3.53. The second-order valence-corrected chi connectivity index (χ2v) is 7.12. The van der Waals surface area contributed by atoms with E-state index in [1.165, 1.54) is 0 Å². The SMILES string of the molecule is CC(C)CCOCCNC(=O)CCCC(=O)NCC(=O)NCCCCNC(N)=O. The molecule has 0 fully saturated rings. The maximum absolute atomic E-state index is 11.7. The lowest BCUT2D eigenvalue weighted by Gasteiger charge is -2.08. The van der Waals surface area contributed by atoms with E-state index in [9.17, 15) is 19.2 Å². The zero-order valence-corrected chi connectivity index (χ0v) is 17.7. The number of nitrogens with one attached hydrogen (secondary N) is 4. The van der Waals surface area contributed by atoms with Crippen LogP contribution in [-0.4, -0.2) is 63.1 Å². The van der Waals surface area contributed by atoms with Crippen LogP contribution in [0.2, 0.25) is 0 Å². The molecular formula is C19H37N5O5. The molecule has 0 spiro atoms. The van der Waals surface area contributed by atoms with Gasteiger partial charge in [0.15, 0.2) is 0 Å². The molecule has 0 aliphatic rings. The zero-order chi connectivity index (χ0) is 21.9. The monoisotopic (exact) mass is 415 g/mol. The lowest BCUT2D eigenvalue weighted by molar-refractivity contribution is -0.126. The van der Waals surface area contributed by atoms with Crippen LogP contribution in [0.25, 0.3) is 0 Å². The van der Waals surface area contributed by atoms with Gasteiger partial charge in [-0.25, -0.2) is 4.79 Å². The smallest absolute Gasteiger partial charge is 0.312 e. The number of nitrogens with two attached hydrogens (primary N) is 1. The maximum Gasteiger partial charge on any atom is 0.312 e. The van der Waals surface area contributed by atoms with Crippen LogP contribution in [-0.2, 0) is 19.1 Å². The summed E-state index contributed by atoms with van der Waals surface area (Å²) in [5.41, 5.74) is 4.93. The van der Waals surface area contributed by atoms with Gasteiger partial charge < -0.3 is 31.7 Å². The Morgan fingerprint density at radius 1 is 0.759 bits per heavy atom. The Morgan fingerprint density at radius 2 is 1.34 bits per heavy atom. The number of amides is 5. The maximum atomic E-state index is 11.7. The van der Waals surface area contributed by atoms with Gasteiger partial charge in [0, 0.05) is 39.1 Å². The lowest BCUT2D eigenvalue weighted by Crippen LogP contribution is -2.37. The molecule has 0 aromatic heterocycles. The zero-order valence-electron chi connectivity index (χ0n) is 17.7. The van der Waals surface area contributed by atoms with Gasteiger partial charge >= 0.3 is 6.03 Å². The van der Waals surface area contributed by atoms with Crippen molar-refractivity contribution >= 4 is 23.8 Å². The third-order valence-electron chi connectivity index (χ3n) is 3.89. The summed E-state index contributed by atoms with van der Waals surface area (Å²) >= 11 is 0. The summed E-state index contributed by atoms with van der Waals surface area (Å²) in [6.45, 7) is 6.70. The van der Waals surface area contributed by atoms with E-state index in [0.29, 0.717) is 58.0 Å². The molecule has 5 amide bonds. The summed E-state index contributed by atoms with van der Waals surface area (Å²) in [5, 5.41) is 10.4. The average Bonchev–Trinajstić information content (AvgIpc) is 2.65. The van der Waals surface area contributed by atoms with Gasteiger partial charge in [0.25, 0.3) is 0 Å². The summed E-state index contributed by atoms with van der Waals surface area (Å²) in [4.78, 5) is 45.5. The highest BCUT2D eigenvalue weighted by Crippen LogP contribution is 1.98. The molecule has 0 unspecified atom stereocenters. The molecule has 10 nitrogen and oxygen atoms in total. The fourth-order valence-electron chi connectivity index (χ4n) is 2.20. The molecule has 0 atom stereocenters. The summed E-state index contributed by atoms with van der Waals surface area (Å²) in [6.07, 6.45) is 3.24. The minimum Gasteiger partial charge on any atom is -0.380 e. The Kier molecular flexibility index (Phi) is 16.3. The standard InChI is InChI=1S/C19H37N5O5/c1-15(2)8-12-29-13-11-22-16(25)6-5-7-17(26)24-14-18(27)21-9-3-4-10-23-19(20)28/h15H,3-14H2,1-2H3,(H,21,27)(H,22,25)(H,24,26)(H3,20,23,28). The summed E-state index contributed by atoms with van der Waals surface area (Å²) in [7, 11) is 0. The fraction of sp³-hybridized carbons (Fsp3) is 0.789. The van der Waals surface area contributed by atoms with Crippen molar-refractivity contribution in [1.82, 2.24) is 21.3 Å². The summed E-state index contributed by atoms with van der Waals surface area (Å²) in [5.74, 6) is -0.0697. The highest BCUT2D eigenvalue weighted by molar-refractivity contribution is 5.85. The van der Waals surface area contributed by atoms with Gasteiger partial charge in [-0.1, -0.05) is 13.8 Å². The Morgan fingerprint density at radius 3 is 1.97 bits per heavy atom. The van der Waals surface area contributed by atoms with Crippen molar-refractivity contribution < 1.29 is 23.9 Å². The van der Waals surface area contributed by atoms with E-state index in [2.05, 4.69) is 35.1 Å². The molecule has 0 saturated heterocycles. The van der Waals surface area contributed by atoms with Gasteiger partial charge in [-0.3, -0.25) is 14.4 Å². The molecular weight excluding hydrogens is 378 g/mol. The van der Waals surface area contributed by atoms with Gasteiger partial charge in [0.1, 0.15) is 0 Å². The van der Waals surface area contributed by atoms with Crippen LogP contribution >= 0.6 is 0 Å². The van der Waals surface area contributed by atoms with Crippen molar-refractivity contribution in [2.75, 3.05) is 39.4 Å². The third-order valence-corrected chi connectivity index (χ3v) is 3.89. The van der Waals surface area contributed by atoms with E-state index in [4.69, 9.17) is 10.5 Å². The van der Waals surface area contributed by atoms with E-state index in [1.54, 1.807) is 0 Å². The van der Waals surface area contributed by atoms with E-state index in [1.807, 2.05) is 0 Å². The summed E-state index contributed by atoms with van der Waals surface area (Å²) in [6, 6.07) is -0.569. The van der Waals surface area contributed by atoms with E-state index >= 15 is 0 Å². The number of ether oxygens (including phenoxy) is 1. The number of rotatable bonds is 17. The van der Waals surface area contributed by atoms with Crippen LogP contribution in [0.15, 0.2) is 0 Å². The second kappa shape index (κ2) is 17.7. The minimum atomic E-state index is -0.569. The van der Waals surface area contributed by atoms with Crippen LogP contribution in [0.4, 0.5) is 4.79 Å². The van der Waals surface area contributed by atoms with E-state index < -0.39 is 6.03 Å². The van der Waals surface area contributed by atoms with Gasteiger partial charge in [0.05, 0.1) is 13.2 Å². The van der Waals surface area contributed by atoms with Gasteiger partial charge in [0.2, 0.25) is 17.7 Å². The molecule has 0 aromatic carbocycles. The topological polar surface area (TPSA) is 152 Å². The second-order valence-electron chi connectivity index (χ2n) is 7.12. The largest absolute Gasteiger partial charge is 0.380 e. The van der Waals surface area contributed by atoms with Gasteiger partial charge in [-0.05, 0) is 31.6 Å². The summed E-state index contributed by atoms with van der Waals surface area (Å²) < 4.78 is 5.41. The molecule has 0 saturated carbocycles. The quantitative estimate of drug-likeness (QED) is 0.212. The first-order chi connectivity index (χ1) is 13.8. The molecule has 10 heteroatoms. The van der Waals surface area contributed by atoms with Crippen molar-refractivity contribution in [1.29, 1.82) is 0 Å². The minimum absolute atomic E-state index is 0.0989. The lowest BCUT2D eigenvalue weighted by atomic mass is 10.1. The van der Waals surface area contributed by atoms with E-state index in [0.717, 1.165) is 6.42 Å². The average molecular weight is 416 g/mol. The highest BCUT2D eigenvalue weighted by Gasteiger charge is 2.07. The molecule has 0 radical (unpaired) electrons. The molecule has 0 aliphatic carbocycles. The molecule has 6 N–H and O–H groups in total. The fourth-order valence-corrected chi connectivity index (χ4v) is 2.20. The van der Waals surface area contributed by atoms with Crippen LogP contribution in [0.1, 0.15) is 52.4 Å². The molecule has 0 aliphatic heterocycles. The molecule has 0 rings (SSSR count). The molecule has 0 heterocycles. The first-order valence-corrected chi connectivity index (χ1v) is 10.2. The number of urea groups is 1. The Hall–Kier alpha value is -2.36. The van der Waals surface area contributed by atoms with E-state index in [-0.39, 0.29) is 37.1 Å². The first-order valence-electron chi connectivity index (χ1n) is 10.2. The third kappa shape index (κ3) is 20.2. The predicted molar refractivity (Wildman–Crippen MR) is 110 cm³/mol. The molecule has 168 valence electrons. The van der Waals surface area contributed by atoms with Crippen molar-refractivity contribution in [2.24, 2.45) is 11.7 Å². The number of primary amides is 1. The van der Waals surface area contributed by atoms with Crippen molar-refractivity contribution in [3.63, 3.8) is 0 Å². The van der Waals surface area contributed by atoms with Crippen molar-refractivity contribution in [2.45, 2.75) is 52.4 Å². The van der Waals surface area contributed by atoms with Crippen LogP contribution in [0.5, 0.6) is 0 Å². The van der Waals surface area contributed by atoms with Gasteiger partial charge in [-0.15, -0.1) is 0 Å². The highest BCUT2D eigenvalue weighted by atomic mass is 16.5. The van der Waals surface area contributed by atoms with Crippen molar-refractivity contribution in [3.8, 4) is 0 Å². The number of carbonyl (C=O) groups excluding carboxylic acids is 4. The molecule has 29 heavy (non-hydrogen) atoms.